The number of nitrogens with one attached hydrogen (secondary N) is 1. The van der Waals surface area contributed by atoms with Crippen LogP contribution in [0.3, 0.4) is 0 Å². The molecule has 3 heteroatoms. The van der Waals surface area contributed by atoms with Crippen molar-refractivity contribution in [2.24, 2.45) is 0 Å². The molecule has 1 aromatic carbocycles. The van der Waals surface area contributed by atoms with Crippen molar-refractivity contribution in [2.75, 3.05) is 14.2 Å². The Balaban J connectivity index is 3.11. The molecule has 0 saturated carbocycles. The van der Waals surface area contributed by atoms with Gasteiger partial charge < -0.3 is 10.1 Å². The van der Waals surface area contributed by atoms with E-state index in [-0.39, 0.29) is 5.82 Å². The Kier molecular flexibility index (Phi) is 3.25. The van der Waals surface area contributed by atoms with Crippen LogP contribution in [0.2, 0.25) is 0 Å². The lowest BCUT2D eigenvalue weighted by molar-refractivity contribution is 0.407. The number of rotatable bonds is 3. The van der Waals surface area contributed by atoms with Gasteiger partial charge in [-0.05, 0) is 31.2 Å². The Morgan fingerprint density at radius 3 is 2.69 bits per heavy atom. The van der Waals surface area contributed by atoms with Gasteiger partial charge >= 0.3 is 0 Å². The maximum atomic E-state index is 13.0. The minimum atomic E-state index is -0.257. The monoisotopic (exact) mass is 183 g/mol. The smallest absolute Gasteiger partial charge is 0.127 e. The Bertz CT molecular complexity index is 299. The Morgan fingerprint density at radius 1 is 1.46 bits per heavy atom. The van der Waals surface area contributed by atoms with E-state index in [1.165, 1.54) is 12.1 Å². The number of halogens is 1. The summed E-state index contributed by atoms with van der Waals surface area (Å²) in [6, 6.07) is 2.92. The number of hydrogen-bond acceptors (Lipinski definition) is 2. The van der Waals surface area contributed by atoms with Gasteiger partial charge in [0.05, 0.1) is 7.11 Å². The minimum absolute atomic E-state index is 0.257. The fourth-order valence-electron chi connectivity index (χ4n) is 1.29. The highest BCUT2D eigenvalue weighted by Gasteiger charge is 2.06. The first-order valence-electron chi connectivity index (χ1n) is 4.16. The summed E-state index contributed by atoms with van der Waals surface area (Å²) in [6.45, 7) is 2.57. The van der Waals surface area contributed by atoms with Crippen molar-refractivity contribution in [3.8, 4) is 5.75 Å². The molecule has 0 radical (unpaired) electrons. The van der Waals surface area contributed by atoms with Crippen LogP contribution in [0, 0.1) is 12.7 Å². The molecule has 1 aromatic rings. The van der Waals surface area contributed by atoms with E-state index in [9.17, 15) is 4.39 Å². The van der Waals surface area contributed by atoms with Crippen LogP contribution in [-0.4, -0.2) is 14.2 Å². The van der Waals surface area contributed by atoms with Gasteiger partial charge in [0.25, 0.3) is 0 Å². The maximum Gasteiger partial charge on any atom is 0.127 e. The summed E-state index contributed by atoms with van der Waals surface area (Å²) in [5.41, 5.74) is 1.91. The van der Waals surface area contributed by atoms with Crippen molar-refractivity contribution in [1.82, 2.24) is 5.32 Å². The van der Waals surface area contributed by atoms with E-state index < -0.39 is 0 Å². The molecule has 0 bridgehead atoms. The topological polar surface area (TPSA) is 21.3 Å². The van der Waals surface area contributed by atoms with E-state index in [0.29, 0.717) is 12.3 Å². The van der Waals surface area contributed by atoms with Crippen LogP contribution in [0.15, 0.2) is 12.1 Å². The molecule has 0 heterocycles. The molecule has 0 aliphatic carbocycles. The Morgan fingerprint density at radius 2 is 2.15 bits per heavy atom. The van der Waals surface area contributed by atoms with Gasteiger partial charge in [0.15, 0.2) is 0 Å². The van der Waals surface area contributed by atoms with Gasteiger partial charge in [-0.25, -0.2) is 4.39 Å². The van der Waals surface area contributed by atoms with Gasteiger partial charge in [0, 0.05) is 12.6 Å². The van der Waals surface area contributed by atoms with E-state index >= 15 is 0 Å². The summed E-state index contributed by atoms with van der Waals surface area (Å²) < 4.78 is 18.1. The molecule has 0 saturated heterocycles. The molecule has 0 fully saturated rings. The summed E-state index contributed by atoms with van der Waals surface area (Å²) in [5, 5.41) is 2.98. The van der Waals surface area contributed by atoms with Crippen LogP contribution in [0.4, 0.5) is 4.39 Å². The summed E-state index contributed by atoms with van der Waals surface area (Å²) in [5.74, 6) is 0.345. The maximum absolute atomic E-state index is 13.0. The fraction of sp³-hybridized carbons (Fsp3) is 0.400. The first kappa shape index (κ1) is 9.99. The molecule has 1 N–H and O–H groups in total. The normalized spacial score (nSPS) is 10.2. The van der Waals surface area contributed by atoms with Gasteiger partial charge in [-0.3, -0.25) is 0 Å². The van der Waals surface area contributed by atoms with Crippen molar-refractivity contribution < 1.29 is 9.13 Å². The molecule has 72 valence electrons. The van der Waals surface area contributed by atoms with Crippen LogP contribution in [0.5, 0.6) is 5.75 Å². The van der Waals surface area contributed by atoms with Crippen molar-refractivity contribution in [3.63, 3.8) is 0 Å². The molecule has 0 amide bonds. The SMILES string of the molecule is CNCc1cc(F)cc(OC)c1C. The van der Waals surface area contributed by atoms with Gasteiger partial charge in [-0.15, -0.1) is 0 Å². The summed E-state index contributed by atoms with van der Waals surface area (Å²) >= 11 is 0. The molecule has 0 unspecified atom stereocenters. The molecule has 0 atom stereocenters. The molecule has 0 aliphatic heterocycles. The average Bonchev–Trinajstić information content (AvgIpc) is 2.11. The van der Waals surface area contributed by atoms with E-state index in [0.717, 1.165) is 11.1 Å². The van der Waals surface area contributed by atoms with Gasteiger partial charge in [-0.2, -0.15) is 0 Å². The molecule has 0 aromatic heterocycles. The first-order valence-corrected chi connectivity index (χ1v) is 4.16. The van der Waals surface area contributed by atoms with E-state index in [2.05, 4.69) is 5.32 Å². The lowest BCUT2D eigenvalue weighted by Crippen LogP contribution is -2.07. The van der Waals surface area contributed by atoms with Crippen LogP contribution in [-0.2, 0) is 6.54 Å². The van der Waals surface area contributed by atoms with Crippen molar-refractivity contribution in [2.45, 2.75) is 13.5 Å². The highest BCUT2D eigenvalue weighted by atomic mass is 19.1. The minimum Gasteiger partial charge on any atom is -0.496 e. The molecule has 13 heavy (non-hydrogen) atoms. The standard InChI is InChI=1S/C10H14FNO/c1-7-8(6-12-2)4-9(11)5-10(7)13-3/h4-5,12H,6H2,1-3H3. The van der Waals surface area contributed by atoms with Crippen LogP contribution in [0.25, 0.3) is 0 Å². The predicted octanol–water partition coefficient (Wildman–Crippen LogP) is 1.86. The highest BCUT2D eigenvalue weighted by Crippen LogP contribution is 2.22. The Hall–Kier alpha value is -1.09. The van der Waals surface area contributed by atoms with Crippen LogP contribution < -0.4 is 10.1 Å². The quantitative estimate of drug-likeness (QED) is 0.772. The summed E-state index contributed by atoms with van der Waals surface area (Å²) in [7, 11) is 3.38. The summed E-state index contributed by atoms with van der Waals surface area (Å²) in [6.07, 6.45) is 0. The van der Waals surface area contributed by atoms with Gasteiger partial charge in [-0.1, -0.05) is 0 Å². The fourth-order valence-corrected chi connectivity index (χ4v) is 1.29. The third kappa shape index (κ3) is 2.18. The highest BCUT2D eigenvalue weighted by molar-refractivity contribution is 5.39. The third-order valence-corrected chi connectivity index (χ3v) is 2.02. The van der Waals surface area contributed by atoms with Crippen molar-refractivity contribution in [1.29, 1.82) is 0 Å². The van der Waals surface area contributed by atoms with E-state index in [4.69, 9.17) is 4.74 Å². The lowest BCUT2D eigenvalue weighted by atomic mass is 10.1. The van der Waals surface area contributed by atoms with E-state index in [1.807, 2.05) is 14.0 Å². The molecular weight excluding hydrogens is 169 g/mol. The number of hydrogen-bond donors (Lipinski definition) is 1. The second-order valence-electron chi connectivity index (χ2n) is 2.92. The molecule has 2 nitrogen and oxygen atoms in total. The molecule has 1 rings (SSSR count). The van der Waals surface area contributed by atoms with Crippen LogP contribution >= 0.6 is 0 Å². The second-order valence-corrected chi connectivity index (χ2v) is 2.92. The average molecular weight is 183 g/mol. The van der Waals surface area contributed by atoms with E-state index in [1.54, 1.807) is 7.11 Å². The largest absolute Gasteiger partial charge is 0.496 e. The number of ether oxygens (including phenoxy) is 1. The third-order valence-electron chi connectivity index (χ3n) is 2.02. The Labute approximate surface area is 77.7 Å². The molecule has 0 aliphatic rings. The number of benzene rings is 1. The zero-order valence-corrected chi connectivity index (χ0v) is 8.15. The van der Waals surface area contributed by atoms with Crippen LogP contribution in [0.1, 0.15) is 11.1 Å². The van der Waals surface area contributed by atoms with Crippen molar-refractivity contribution in [3.05, 3.63) is 29.1 Å². The summed E-state index contributed by atoms with van der Waals surface area (Å²) in [4.78, 5) is 0. The van der Waals surface area contributed by atoms with Gasteiger partial charge in [0.1, 0.15) is 11.6 Å². The zero-order chi connectivity index (χ0) is 9.84. The predicted molar refractivity (Wildman–Crippen MR) is 50.5 cm³/mol. The van der Waals surface area contributed by atoms with Crippen molar-refractivity contribution >= 4 is 0 Å². The lowest BCUT2D eigenvalue weighted by Gasteiger charge is -2.10. The first-order chi connectivity index (χ1) is 6.19. The molecular formula is C10H14FNO. The zero-order valence-electron chi connectivity index (χ0n) is 8.15. The number of methoxy groups -OCH3 is 1. The van der Waals surface area contributed by atoms with Gasteiger partial charge in [0.2, 0.25) is 0 Å². The second kappa shape index (κ2) is 4.23. The molecule has 0 spiro atoms.